The first-order valence-corrected chi connectivity index (χ1v) is 19.8. The first-order chi connectivity index (χ1) is 24.2. The average molecular weight is 730 g/mol. The minimum Gasteiger partial charge on any atom is -0.411 e. The second-order valence-electron chi connectivity index (χ2n) is 12.0. The summed E-state index contributed by atoms with van der Waals surface area (Å²) in [6.45, 7) is 7.85. The maximum absolute atomic E-state index is 9.14. The molecule has 6 aromatic rings. The van der Waals surface area contributed by atoms with Crippen molar-refractivity contribution in [1.29, 1.82) is 0 Å². The van der Waals surface area contributed by atoms with Crippen molar-refractivity contribution in [2.45, 2.75) is 32.4 Å². The maximum Gasteiger partial charge on any atom is 0.157 e. The summed E-state index contributed by atoms with van der Waals surface area (Å²) < 4.78 is 7.82. The van der Waals surface area contributed by atoms with Gasteiger partial charge in [-0.05, 0) is 42.4 Å². The van der Waals surface area contributed by atoms with Crippen LogP contribution in [0, 0.1) is 0 Å². The van der Waals surface area contributed by atoms with Crippen LogP contribution in [-0.2, 0) is 11.5 Å². The lowest BCUT2D eigenvalue weighted by Gasteiger charge is -2.16. The molecule has 0 saturated heterocycles. The molecule has 0 radical (unpaired) electrons. The summed E-state index contributed by atoms with van der Waals surface area (Å²) in [4.78, 5) is 28.7. The van der Waals surface area contributed by atoms with Gasteiger partial charge in [0, 0.05) is 48.2 Å². The fourth-order valence-electron chi connectivity index (χ4n) is 4.73. The zero-order chi connectivity index (χ0) is 35.5. The van der Waals surface area contributed by atoms with Crippen molar-refractivity contribution in [3.05, 3.63) is 107 Å². The number of H-pyrrole nitrogens is 1. The van der Waals surface area contributed by atoms with E-state index in [2.05, 4.69) is 64.8 Å². The Hall–Kier alpha value is -5.28. The van der Waals surface area contributed by atoms with Crippen molar-refractivity contribution < 1.29 is 15.2 Å². The number of hydrogen-bond acceptors (Lipinski definition) is 11. The zero-order valence-corrected chi connectivity index (χ0v) is 30.0. The van der Waals surface area contributed by atoms with Crippen molar-refractivity contribution in [3.63, 3.8) is 0 Å². The van der Waals surface area contributed by atoms with Crippen LogP contribution in [0.25, 0.3) is 45.3 Å². The highest BCUT2D eigenvalue weighted by molar-refractivity contribution is 6.76. The van der Waals surface area contributed by atoms with E-state index in [0.29, 0.717) is 51.1 Å². The molecule has 4 heterocycles. The van der Waals surface area contributed by atoms with Crippen molar-refractivity contribution in [3.8, 4) is 45.3 Å². The minimum atomic E-state index is -1.20. The predicted octanol–water partition coefficient (Wildman–Crippen LogP) is 7.78. The molecule has 0 aliphatic heterocycles. The Morgan fingerprint density at radius 1 is 0.780 bits per heavy atom. The van der Waals surface area contributed by atoms with Crippen LogP contribution in [0.2, 0.25) is 35.7 Å². The van der Waals surface area contributed by atoms with Gasteiger partial charge in [0.05, 0.1) is 34.2 Å². The van der Waals surface area contributed by atoms with Gasteiger partial charge < -0.3 is 20.1 Å². The predicted molar refractivity (Wildman–Crippen MR) is 197 cm³/mol. The average Bonchev–Trinajstić information content (AvgIpc) is 3.70. The fraction of sp³-hybridized carbons (Fsp3) is 0.176. The SMILES string of the molecule is C[Si](C)(C)CCOCn1c(/C=N/O)nc(-c2ccc(Cl)cc2)c1-c1ccncn1.O/N=C/c1nc(-c2ccc(Cl)cc2)c(-c2ccncn2)[nH]1. The molecular weight excluding hydrogens is 695 g/mol. The van der Waals surface area contributed by atoms with Crippen LogP contribution >= 0.6 is 23.2 Å². The molecule has 0 atom stereocenters. The van der Waals surface area contributed by atoms with E-state index in [-0.39, 0.29) is 6.73 Å². The van der Waals surface area contributed by atoms with Crippen LogP contribution in [0.15, 0.2) is 96.0 Å². The smallest absolute Gasteiger partial charge is 0.157 e. The number of benzene rings is 2. The van der Waals surface area contributed by atoms with Crippen LogP contribution in [0.1, 0.15) is 11.6 Å². The van der Waals surface area contributed by atoms with Gasteiger partial charge in [0.15, 0.2) is 11.6 Å². The fourth-order valence-corrected chi connectivity index (χ4v) is 5.74. The molecule has 0 spiro atoms. The molecule has 0 amide bonds. The Balaban J connectivity index is 0.000000204. The number of aromatic amines is 1. The van der Waals surface area contributed by atoms with Crippen LogP contribution in [-0.4, -0.2) is 77.0 Å². The van der Waals surface area contributed by atoms with E-state index in [4.69, 9.17) is 38.4 Å². The van der Waals surface area contributed by atoms with Gasteiger partial charge in [0.2, 0.25) is 0 Å². The van der Waals surface area contributed by atoms with Gasteiger partial charge in [-0.15, -0.1) is 0 Å². The standard InChI is InChI=1S/C20H24ClN5O2Si.C14H10ClN5O/c1-29(2,3)11-10-28-14-26-18(12-24-27)25-19(15-4-6-16(21)7-5-15)20(26)17-8-9-22-13-23-17;15-10-3-1-9(2-4-10)13-14(11-5-6-16-8-17-11)20-12(19-13)7-18-21/h4-9,12-13,27H,10-11,14H2,1-3H3;1-8,21H,(H,19,20)/b24-12+;18-7+. The molecule has 3 N–H and O–H groups in total. The highest BCUT2D eigenvalue weighted by atomic mass is 35.5. The molecule has 13 nitrogen and oxygen atoms in total. The van der Waals surface area contributed by atoms with Gasteiger partial charge in [-0.3, -0.25) is 4.57 Å². The Bertz CT molecular complexity index is 2030. The minimum absolute atomic E-state index is 0.270. The number of rotatable bonds is 11. The number of nitrogens with one attached hydrogen (secondary N) is 1. The normalized spacial score (nSPS) is 11.6. The molecule has 0 bridgehead atoms. The van der Waals surface area contributed by atoms with E-state index >= 15 is 0 Å². The monoisotopic (exact) mass is 728 g/mol. The summed E-state index contributed by atoms with van der Waals surface area (Å²) >= 11 is 12.0. The number of imidazole rings is 2. The van der Waals surface area contributed by atoms with Crippen LogP contribution in [0.5, 0.6) is 0 Å². The Kier molecular flexibility index (Phi) is 12.2. The Morgan fingerprint density at radius 3 is 1.90 bits per heavy atom. The maximum atomic E-state index is 9.14. The molecule has 0 unspecified atom stereocenters. The van der Waals surface area contributed by atoms with Crippen molar-refractivity contribution in [2.75, 3.05) is 6.61 Å². The van der Waals surface area contributed by atoms with E-state index in [1.54, 1.807) is 30.6 Å². The summed E-state index contributed by atoms with van der Waals surface area (Å²) in [6, 6.07) is 19.3. The molecule has 50 heavy (non-hydrogen) atoms. The highest BCUT2D eigenvalue weighted by Gasteiger charge is 2.21. The van der Waals surface area contributed by atoms with Crippen molar-refractivity contribution >= 4 is 43.7 Å². The van der Waals surface area contributed by atoms with Crippen molar-refractivity contribution in [1.82, 2.24) is 39.5 Å². The first-order valence-electron chi connectivity index (χ1n) is 15.3. The number of aromatic nitrogens is 8. The Morgan fingerprint density at radius 2 is 1.36 bits per heavy atom. The molecule has 6 rings (SSSR count). The van der Waals surface area contributed by atoms with E-state index in [9.17, 15) is 0 Å². The molecule has 0 aliphatic rings. The third-order valence-corrected chi connectivity index (χ3v) is 9.40. The lowest BCUT2D eigenvalue weighted by molar-refractivity contribution is 0.0878. The third-order valence-electron chi connectivity index (χ3n) is 7.19. The summed E-state index contributed by atoms with van der Waals surface area (Å²) in [5.41, 5.74) is 6.01. The van der Waals surface area contributed by atoms with Gasteiger partial charge in [0.25, 0.3) is 0 Å². The number of oxime groups is 2. The first kappa shape index (κ1) is 36.0. The molecule has 4 aromatic heterocycles. The van der Waals surface area contributed by atoms with E-state index in [1.165, 1.54) is 25.1 Å². The Labute approximate surface area is 299 Å². The van der Waals surface area contributed by atoms with Gasteiger partial charge in [-0.2, -0.15) is 0 Å². The summed E-state index contributed by atoms with van der Waals surface area (Å²) in [5.74, 6) is 0.898. The molecule has 256 valence electrons. The molecule has 2 aromatic carbocycles. The summed E-state index contributed by atoms with van der Waals surface area (Å²) in [7, 11) is -1.20. The number of nitrogens with zero attached hydrogens (tertiary/aromatic N) is 9. The van der Waals surface area contributed by atoms with E-state index in [0.717, 1.165) is 28.6 Å². The quantitative estimate of drug-likeness (QED) is 0.0396. The molecule has 16 heteroatoms. The number of ether oxygens (including phenoxy) is 1. The summed E-state index contributed by atoms with van der Waals surface area (Å²) in [6.07, 6.45) is 8.80. The van der Waals surface area contributed by atoms with Gasteiger partial charge >= 0.3 is 0 Å². The second kappa shape index (κ2) is 16.9. The van der Waals surface area contributed by atoms with E-state index in [1.807, 2.05) is 47.0 Å². The number of halogens is 2. The molecular formula is C34H34Cl2N10O3Si. The van der Waals surface area contributed by atoms with E-state index < -0.39 is 8.07 Å². The van der Waals surface area contributed by atoms with Crippen LogP contribution in [0.4, 0.5) is 0 Å². The lowest BCUT2D eigenvalue weighted by Crippen LogP contribution is -2.22. The summed E-state index contributed by atoms with van der Waals surface area (Å²) in [5, 5.41) is 25.3. The highest BCUT2D eigenvalue weighted by Crippen LogP contribution is 2.33. The molecule has 0 aliphatic carbocycles. The van der Waals surface area contributed by atoms with Crippen molar-refractivity contribution in [2.24, 2.45) is 10.3 Å². The van der Waals surface area contributed by atoms with Crippen LogP contribution < -0.4 is 0 Å². The zero-order valence-electron chi connectivity index (χ0n) is 27.4. The molecule has 0 fully saturated rings. The second-order valence-corrected chi connectivity index (χ2v) is 18.5. The lowest BCUT2D eigenvalue weighted by atomic mass is 10.1. The largest absolute Gasteiger partial charge is 0.411 e. The topological polar surface area (TPSA) is 172 Å². The molecule has 0 saturated carbocycles. The third kappa shape index (κ3) is 9.45. The van der Waals surface area contributed by atoms with Gasteiger partial charge in [-0.25, -0.2) is 29.9 Å². The van der Waals surface area contributed by atoms with Gasteiger partial charge in [0.1, 0.15) is 31.8 Å². The van der Waals surface area contributed by atoms with Gasteiger partial charge in [-0.1, -0.05) is 77.4 Å². The van der Waals surface area contributed by atoms with Crippen LogP contribution in [0.3, 0.4) is 0 Å². The number of hydrogen-bond donors (Lipinski definition) is 3.